The Morgan fingerprint density at radius 1 is 1.42 bits per heavy atom. The van der Waals surface area contributed by atoms with Crippen LogP contribution in [0.1, 0.15) is 13.8 Å². The molecule has 0 bridgehead atoms. The van der Waals surface area contributed by atoms with Gasteiger partial charge >= 0.3 is 0 Å². The summed E-state index contributed by atoms with van der Waals surface area (Å²) >= 11 is 0. The van der Waals surface area contributed by atoms with Crippen LogP contribution in [0.25, 0.3) is 0 Å². The molecule has 0 amide bonds. The van der Waals surface area contributed by atoms with E-state index in [0.29, 0.717) is 5.71 Å². The predicted molar refractivity (Wildman–Crippen MR) is 54.5 cm³/mol. The highest BCUT2D eigenvalue weighted by Crippen LogP contribution is 1.76. The minimum absolute atomic E-state index is 0.555. The molecule has 0 saturated heterocycles. The largest absolute Gasteiger partial charge is 0.387 e. The predicted octanol–water partition coefficient (Wildman–Crippen LogP) is 2.26. The van der Waals surface area contributed by atoms with Gasteiger partial charge in [-0.1, -0.05) is 24.3 Å². The summed E-state index contributed by atoms with van der Waals surface area (Å²) in [6, 6.07) is 0. The van der Waals surface area contributed by atoms with Crippen LogP contribution in [0, 0.1) is 5.41 Å². The van der Waals surface area contributed by atoms with E-state index < -0.39 is 0 Å². The molecule has 0 aromatic heterocycles. The molecule has 0 atom stereocenters. The lowest BCUT2D eigenvalue weighted by molar-refractivity contribution is 0.986. The van der Waals surface area contributed by atoms with E-state index in [0.717, 1.165) is 6.54 Å². The van der Waals surface area contributed by atoms with E-state index in [4.69, 9.17) is 5.41 Å². The van der Waals surface area contributed by atoms with Gasteiger partial charge in [-0.15, -0.1) is 0 Å². The Hall–Kier alpha value is -1.31. The summed E-state index contributed by atoms with van der Waals surface area (Å²) in [5.74, 6) is 0. The second kappa shape index (κ2) is 7.79. The smallest absolute Gasteiger partial charge is 0.0328 e. The van der Waals surface area contributed by atoms with Crippen LogP contribution in [-0.2, 0) is 0 Å². The lowest BCUT2D eigenvalue weighted by Crippen LogP contribution is -2.03. The second-order valence-corrected chi connectivity index (χ2v) is 2.38. The third-order valence-corrected chi connectivity index (χ3v) is 1.13. The van der Waals surface area contributed by atoms with Crippen LogP contribution in [-0.4, -0.2) is 12.3 Å². The van der Waals surface area contributed by atoms with Crippen molar-refractivity contribution >= 4 is 5.71 Å². The Labute approximate surface area is 74.2 Å². The van der Waals surface area contributed by atoms with Gasteiger partial charge in [0.25, 0.3) is 0 Å². The Morgan fingerprint density at radius 3 is 2.75 bits per heavy atom. The Bertz CT molecular complexity index is 200. The van der Waals surface area contributed by atoms with Gasteiger partial charge in [0.05, 0.1) is 0 Å². The van der Waals surface area contributed by atoms with Crippen LogP contribution >= 0.6 is 0 Å². The van der Waals surface area contributed by atoms with Crippen molar-refractivity contribution in [3.63, 3.8) is 0 Å². The van der Waals surface area contributed by atoms with Crippen LogP contribution in [0.4, 0.5) is 0 Å². The Morgan fingerprint density at radius 2 is 2.17 bits per heavy atom. The highest BCUT2D eigenvalue weighted by Gasteiger charge is 1.74. The summed E-state index contributed by atoms with van der Waals surface area (Å²) < 4.78 is 0. The van der Waals surface area contributed by atoms with Crippen molar-refractivity contribution in [3.05, 3.63) is 36.6 Å². The number of rotatable bonds is 5. The van der Waals surface area contributed by atoms with Crippen molar-refractivity contribution in [2.75, 3.05) is 6.54 Å². The van der Waals surface area contributed by atoms with E-state index in [2.05, 4.69) is 5.32 Å². The Balaban J connectivity index is 3.38. The molecule has 0 spiro atoms. The SMILES string of the molecule is C/C=C\C=C/CN/C=C\C(C)=N. The molecule has 66 valence electrons. The van der Waals surface area contributed by atoms with E-state index in [9.17, 15) is 0 Å². The van der Waals surface area contributed by atoms with E-state index in [-0.39, 0.29) is 0 Å². The summed E-state index contributed by atoms with van der Waals surface area (Å²) in [4.78, 5) is 0. The normalized spacial score (nSPS) is 11.8. The molecule has 0 unspecified atom stereocenters. The molecule has 0 aliphatic rings. The van der Waals surface area contributed by atoms with Gasteiger partial charge in [0, 0.05) is 12.3 Å². The van der Waals surface area contributed by atoms with Gasteiger partial charge < -0.3 is 10.7 Å². The molecule has 0 rings (SSSR count). The van der Waals surface area contributed by atoms with E-state index in [1.54, 1.807) is 19.2 Å². The average molecular weight is 164 g/mol. The van der Waals surface area contributed by atoms with E-state index in [1.165, 1.54) is 0 Å². The van der Waals surface area contributed by atoms with E-state index in [1.807, 2.05) is 31.2 Å². The van der Waals surface area contributed by atoms with Crippen molar-refractivity contribution in [1.82, 2.24) is 5.32 Å². The molecule has 0 heterocycles. The zero-order valence-corrected chi connectivity index (χ0v) is 7.67. The maximum atomic E-state index is 7.08. The van der Waals surface area contributed by atoms with Crippen LogP contribution < -0.4 is 5.32 Å². The first-order valence-corrected chi connectivity index (χ1v) is 4.00. The molecule has 0 radical (unpaired) electrons. The molecular weight excluding hydrogens is 148 g/mol. The molecule has 0 aliphatic carbocycles. The molecule has 0 aromatic carbocycles. The van der Waals surface area contributed by atoms with Crippen LogP contribution in [0.15, 0.2) is 36.6 Å². The summed E-state index contributed by atoms with van der Waals surface area (Å²) in [6.07, 6.45) is 11.5. The highest BCUT2D eigenvalue weighted by molar-refractivity contribution is 5.89. The third kappa shape index (κ3) is 8.69. The van der Waals surface area contributed by atoms with Crippen molar-refractivity contribution < 1.29 is 0 Å². The van der Waals surface area contributed by atoms with Crippen molar-refractivity contribution in [1.29, 1.82) is 5.41 Å². The molecule has 12 heavy (non-hydrogen) atoms. The minimum Gasteiger partial charge on any atom is -0.387 e. The molecule has 0 aromatic rings. The zero-order valence-electron chi connectivity index (χ0n) is 7.67. The summed E-state index contributed by atoms with van der Waals surface area (Å²) in [6.45, 7) is 4.53. The van der Waals surface area contributed by atoms with Crippen LogP contribution in [0.3, 0.4) is 0 Å². The minimum atomic E-state index is 0.555. The quantitative estimate of drug-likeness (QED) is 0.365. The number of allylic oxidation sites excluding steroid dienone is 4. The first-order chi connectivity index (χ1) is 5.77. The topological polar surface area (TPSA) is 35.9 Å². The fourth-order valence-electron chi connectivity index (χ4n) is 0.578. The maximum Gasteiger partial charge on any atom is 0.0328 e. The fraction of sp³-hybridized carbons (Fsp3) is 0.300. The van der Waals surface area contributed by atoms with Crippen molar-refractivity contribution in [2.45, 2.75) is 13.8 Å². The molecule has 2 N–H and O–H groups in total. The molecule has 0 aliphatic heterocycles. The monoisotopic (exact) mass is 164 g/mol. The molecule has 2 nitrogen and oxygen atoms in total. The van der Waals surface area contributed by atoms with Gasteiger partial charge in [-0.3, -0.25) is 0 Å². The molecular formula is C10H16N2. The van der Waals surface area contributed by atoms with Gasteiger partial charge in [-0.25, -0.2) is 0 Å². The lowest BCUT2D eigenvalue weighted by Gasteiger charge is -1.91. The van der Waals surface area contributed by atoms with Gasteiger partial charge in [0.1, 0.15) is 0 Å². The molecule has 2 heteroatoms. The van der Waals surface area contributed by atoms with Crippen molar-refractivity contribution in [2.24, 2.45) is 0 Å². The van der Waals surface area contributed by atoms with Crippen molar-refractivity contribution in [3.8, 4) is 0 Å². The average Bonchev–Trinajstić information content (AvgIpc) is 2.02. The number of hydrogen-bond donors (Lipinski definition) is 2. The van der Waals surface area contributed by atoms with Gasteiger partial charge in [0.15, 0.2) is 0 Å². The Kier molecular flexibility index (Phi) is 6.94. The van der Waals surface area contributed by atoms with Gasteiger partial charge in [0.2, 0.25) is 0 Å². The van der Waals surface area contributed by atoms with Crippen LogP contribution in [0.2, 0.25) is 0 Å². The second-order valence-electron chi connectivity index (χ2n) is 2.38. The first-order valence-electron chi connectivity index (χ1n) is 4.00. The van der Waals surface area contributed by atoms with Gasteiger partial charge in [-0.2, -0.15) is 0 Å². The summed E-state index contributed by atoms with van der Waals surface area (Å²) in [5.41, 5.74) is 0.555. The number of hydrogen-bond acceptors (Lipinski definition) is 2. The third-order valence-electron chi connectivity index (χ3n) is 1.13. The number of nitrogens with one attached hydrogen (secondary N) is 2. The maximum absolute atomic E-state index is 7.08. The van der Waals surface area contributed by atoms with Crippen LogP contribution in [0.5, 0.6) is 0 Å². The fourth-order valence-corrected chi connectivity index (χ4v) is 0.578. The summed E-state index contributed by atoms with van der Waals surface area (Å²) in [7, 11) is 0. The van der Waals surface area contributed by atoms with E-state index >= 15 is 0 Å². The highest BCUT2D eigenvalue weighted by atomic mass is 14.8. The first kappa shape index (κ1) is 10.7. The summed E-state index contributed by atoms with van der Waals surface area (Å²) in [5, 5.41) is 10.1. The molecule has 0 fully saturated rings. The lowest BCUT2D eigenvalue weighted by atomic mass is 10.4. The van der Waals surface area contributed by atoms with Gasteiger partial charge in [-0.05, 0) is 26.1 Å². The standard InChI is InChI=1S/C10H16N2/c1-3-4-5-6-8-12-9-7-10(2)11/h3-7,9,11-12H,8H2,1-2H3/b4-3-,6-5-,9-7-,11-10?. The molecule has 0 saturated carbocycles. The zero-order chi connectivity index (χ0) is 9.23.